The van der Waals surface area contributed by atoms with Gasteiger partial charge in [-0.3, -0.25) is 4.90 Å². The average Bonchev–Trinajstić information content (AvgIpc) is 3.08. The zero-order valence-electron chi connectivity index (χ0n) is 20.3. The molecule has 1 aromatic heterocycles. The zero-order chi connectivity index (χ0) is 25.6. The summed E-state index contributed by atoms with van der Waals surface area (Å²) in [6.45, 7) is 6.40. The molecule has 1 amide bonds. The smallest absolute Gasteiger partial charge is 0.410 e. The fraction of sp³-hybridized carbons (Fsp3) is 0.423. The van der Waals surface area contributed by atoms with E-state index in [2.05, 4.69) is 9.97 Å². The fourth-order valence-corrected chi connectivity index (χ4v) is 5.12. The molecule has 0 radical (unpaired) electrons. The van der Waals surface area contributed by atoms with E-state index in [9.17, 15) is 9.18 Å². The Morgan fingerprint density at radius 2 is 1.75 bits per heavy atom. The third kappa shape index (κ3) is 4.76. The van der Waals surface area contributed by atoms with Gasteiger partial charge in [0.2, 0.25) is 5.28 Å². The third-order valence-electron chi connectivity index (χ3n) is 6.40. The van der Waals surface area contributed by atoms with Gasteiger partial charge in [0, 0.05) is 19.2 Å². The van der Waals surface area contributed by atoms with Gasteiger partial charge in [-0.2, -0.15) is 4.98 Å². The molecule has 3 aromatic rings. The normalized spacial score (nSPS) is 19.6. The molecular weight excluding hydrogens is 490 g/mol. The number of amides is 1. The van der Waals surface area contributed by atoms with Gasteiger partial charge in [0.25, 0.3) is 0 Å². The quantitative estimate of drug-likeness (QED) is 0.413. The predicted molar refractivity (Wildman–Crippen MR) is 132 cm³/mol. The molecule has 2 fully saturated rings. The number of ether oxygens (including phenoxy) is 2. The second kappa shape index (κ2) is 9.35. The minimum absolute atomic E-state index is 0.0816. The van der Waals surface area contributed by atoms with Crippen molar-refractivity contribution in [1.82, 2.24) is 14.9 Å². The Morgan fingerprint density at radius 3 is 2.39 bits per heavy atom. The van der Waals surface area contributed by atoms with Crippen LogP contribution in [0.25, 0.3) is 10.9 Å². The molecule has 2 aromatic carbocycles. The van der Waals surface area contributed by atoms with E-state index in [4.69, 9.17) is 21.1 Å². The first-order valence-electron chi connectivity index (χ1n) is 11.9. The van der Waals surface area contributed by atoms with Crippen LogP contribution in [0.2, 0.25) is 5.28 Å². The summed E-state index contributed by atoms with van der Waals surface area (Å²) in [5.74, 6) is -1.55. The summed E-state index contributed by atoms with van der Waals surface area (Å²) in [5.41, 5.74) is 0.107. The van der Waals surface area contributed by atoms with E-state index in [-0.39, 0.29) is 52.5 Å². The van der Waals surface area contributed by atoms with Crippen LogP contribution >= 0.6 is 11.6 Å². The van der Waals surface area contributed by atoms with Crippen molar-refractivity contribution in [2.45, 2.75) is 57.9 Å². The predicted octanol–water partition coefficient (Wildman–Crippen LogP) is 5.73. The van der Waals surface area contributed by atoms with Gasteiger partial charge in [0.1, 0.15) is 23.5 Å². The number of nitrogens with zero attached hydrogens (tertiary/aromatic N) is 4. The van der Waals surface area contributed by atoms with Crippen molar-refractivity contribution in [3.05, 3.63) is 58.9 Å². The van der Waals surface area contributed by atoms with E-state index in [1.54, 1.807) is 4.90 Å². The first-order chi connectivity index (χ1) is 17.1. The number of rotatable bonds is 4. The number of hydrogen-bond donors (Lipinski definition) is 0. The van der Waals surface area contributed by atoms with Crippen molar-refractivity contribution in [3.63, 3.8) is 0 Å². The summed E-state index contributed by atoms with van der Waals surface area (Å²) in [7, 11) is 0. The van der Waals surface area contributed by atoms with Gasteiger partial charge in [0.05, 0.1) is 17.5 Å². The van der Waals surface area contributed by atoms with Gasteiger partial charge < -0.3 is 14.4 Å². The maximum atomic E-state index is 15.1. The van der Waals surface area contributed by atoms with E-state index in [0.717, 1.165) is 24.5 Å². The molecule has 2 aliphatic heterocycles. The summed E-state index contributed by atoms with van der Waals surface area (Å²) in [6, 6.07) is 9.77. The van der Waals surface area contributed by atoms with Crippen molar-refractivity contribution in [3.8, 4) is 5.75 Å². The highest BCUT2D eigenvalue weighted by Gasteiger charge is 2.45. The van der Waals surface area contributed by atoms with Crippen LogP contribution in [0.15, 0.2) is 36.4 Å². The molecule has 2 aliphatic rings. The van der Waals surface area contributed by atoms with Crippen LogP contribution in [0.1, 0.15) is 39.2 Å². The topological polar surface area (TPSA) is 67.8 Å². The van der Waals surface area contributed by atoms with E-state index in [1.807, 2.05) is 56.0 Å². The molecular formula is C26H27ClF2N4O3. The van der Waals surface area contributed by atoms with Gasteiger partial charge in [-0.25, -0.2) is 18.6 Å². The zero-order valence-corrected chi connectivity index (χ0v) is 21.1. The molecule has 190 valence electrons. The molecule has 2 saturated heterocycles. The average molecular weight is 517 g/mol. The standard InChI is InChI=1S/C26H27ClF2N4O3/c1-26(2,3)36-25(34)33-16-9-10-17(33)13-32(12-16)23-20-21(30-24(27)31-23)18(28)11-19(29)22(20)35-14-15-7-5-4-6-8-15/h4-8,11,16-17H,9-10,12-14H2,1-3H3. The summed E-state index contributed by atoms with van der Waals surface area (Å²) >= 11 is 6.19. The molecule has 3 heterocycles. The number of carbonyl (C=O) groups excluding carboxylic acids is 1. The summed E-state index contributed by atoms with van der Waals surface area (Å²) in [4.78, 5) is 25.0. The van der Waals surface area contributed by atoms with Gasteiger partial charge in [-0.1, -0.05) is 30.3 Å². The Kier molecular flexibility index (Phi) is 6.36. The first kappa shape index (κ1) is 24.5. The summed E-state index contributed by atoms with van der Waals surface area (Å²) in [6.07, 6.45) is 1.22. The van der Waals surface area contributed by atoms with Gasteiger partial charge in [0.15, 0.2) is 17.4 Å². The van der Waals surface area contributed by atoms with Crippen molar-refractivity contribution < 1.29 is 23.0 Å². The van der Waals surface area contributed by atoms with Crippen LogP contribution in [0.5, 0.6) is 5.75 Å². The van der Waals surface area contributed by atoms with Gasteiger partial charge in [-0.15, -0.1) is 0 Å². The number of anilines is 1. The maximum Gasteiger partial charge on any atom is 0.410 e. The second-order valence-electron chi connectivity index (χ2n) is 10.2. The van der Waals surface area contributed by atoms with Gasteiger partial charge in [-0.05, 0) is 50.8 Å². The number of aromatic nitrogens is 2. The van der Waals surface area contributed by atoms with Crippen LogP contribution in [0, 0.1) is 11.6 Å². The molecule has 5 rings (SSSR count). The Balaban J connectivity index is 1.51. The lowest BCUT2D eigenvalue weighted by Crippen LogP contribution is -2.57. The van der Waals surface area contributed by atoms with Crippen molar-refractivity contribution >= 4 is 34.4 Å². The lowest BCUT2D eigenvalue weighted by molar-refractivity contribution is 0.0123. The molecule has 0 saturated carbocycles. The molecule has 0 aliphatic carbocycles. The van der Waals surface area contributed by atoms with Crippen LogP contribution in [-0.4, -0.2) is 51.7 Å². The Labute approximate surface area is 213 Å². The lowest BCUT2D eigenvalue weighted by atomic mass is 10.1. The van der Waals surface area contributed by atoms with E-state index >= 15 is 4.39 Å². The van der Waals surface area contributed by atoms with Crippen LogP contribution in [0.3, 0.4) is 0 Å². The molecule has 7 nitrogen and oxygen atoms in total. The SMILES string of the molecule is CC(C)(C)OC(=O)N1C2CCC1CN(c1nc(Cl)nc3c(F)cc(F)c(OCc4ccccc4)c13)C2. The number of hydrogen-bond acceptors (Lipinski definition) is 6. The molecule has 36 heavy (non-hydrogen) atoms. The van der Waals surface area contributed by atoms with Crippen LogP contribution < -0.4 is 9.64 Å². The van der Waals surface area contributed by atoms with Crippen molar-refractivity contribution in [2.24, 2.45) is 0 Å². The molecule has 0 spiro atoms. The largest absolute Gasteiger partial charge is 0.485 e. The Morgan fingerprint density at radius 1 is 1.08 bits per heavy atom. The summed E-state index contributed by atoms with van der Waals surface area (Å²) < 4.78 is 41.4. The number of benzene rings is 2. The molecule has 2 atom stereocenters. The molecule has 2 bridgehead atoms. The maximum absolute atomic E-state index is 15.1. The number of halogens is 3. The van der Waals surface area contributed by atoms with Crippen LogP contribution in [0.4, 0.5) is 19.4 Å². The van der Waals surface area contributed by atoms with E-state index < -0.39 is 17.2 Å². The Bertz CT molecular complexity index is 1290. The highest BCUT2D eigenvalue weighted by Crippen LogP contribution is 2.40. The Hall–Kier alpha value is -3.20. The summed E-state index contributed by atoms with van der Waals surface area (Å²) in [5, 5.41) is -0.0307. The monoisotopic (exact) mass is 516 g/mol. The number of fused-ring (bicyclic) bond motifs is 3. The number of carbonyl (C=O) groups is 1. The molecule has 2 unspecified atom stereocenters. The highest BCUT2D eigenvalue weighted by molar-refractivity contribution is 6.29. The van der Waals surface area contributed by atoms with E-state index in [0.29, 0.717) is 13.1 Å². The highest BCUT2D eigenvalue weighted by atomic mass is 35.5. The van der Waals surface area contributed by atoms with Crippen LogP contribution in [-0.2, 0) is 11.3 Å². The van der Waals surface area contributed by atoms with Crippen molar-refractivity contribution in [1.29, 1.82) is 0 Å². The number of piperazine rings is 1. The molecule has 0 N–H and O–H groups in total. The second-order valence-corrected chi connectivity index (χ2v) is 10.5. The first-order valence-corrected chi connectivity index (χ1v) is 12.3. The minimum atomic E-state index is -0.851. The van der Waals surface area contributed by atoms with Gasteiger partial charge >= 0.3 is 6.09 Å². The minimum Gasteiger partial charge on any atom is -0.485 e. The molecule has 10 heteroatoms. The fourth-order valence-electron chi connectivity index (χ4n) is 4.96. The van der Waals surface area contributed by atoms with E-state index in [1.165, 1.54) is 0 Å². The third-order valence-corrected chi connectivity index (χ3v) is 6.57. The van der Waals surface area contributed by atoms with Crippen molar-refractivity contribution in [2.75, 3.05) is 18.0 Å². The lowest BCUT2D eigenvalue weighted by Gasteiger charge is -2.42.